The number of imide groups is 1. The minimum Gasteiger partial charge on any atom is -0.378 e. The predicted molar refractivity (Wildman–Crippen MR) is 123 cm³/mol. The van der Waals surface area contributed by atoms with Crippen LogP contribution in [0.4, 0.5) is 27.1 Å². The number of nitrogens with one attached hydrogen (secondary N) is 1. The number of halogens is 1. The van der Waals surface area contributed by atoms with Crippen molar-refractivity contribution in [1.82, 2.24) is 0 Å². The number of rotatable bonds is 6. The van der Waals surface area contributed by atoms with Gasteiger partial charge in [0.25, 0.3) is 17.5 Å². The second-order valence-electron chi connectivity index (χ2n) is 7.54. The van der Waals surface area contributed by atoms with Crippen LogP contribution in [-0.4, -0.2) is 30.8 Å². The molecule has 0 aromatic heterocycles. The maximum absolute atomic E-state index is 13.4. The fourth-order valence-electron chi connectivity index (χ4n) is 3.48. The van der Waals surface area contributed by atoms with Crippen LogP contribution in [0.25, 0.3) is 5.57 Å². The lowest BCUT2D eigenvalue weighted by Crippen LogP contribution is -2.32. The van der Waals surface area contributed by atoms with Crippen LogP contribution in [-0.2, 0) is 9.59 Å². The van der Waals surface area contributed by atoms with Gasteiger partial charge in [-0.05, 0) is 66.2 Å². The van der Waals surface area contributed by atoms with E-state index in [4.69, 9.17) is 0 Å². The number of nitrogens with zero attached hydrogens (tertiary/aromatic N) is 3. The van der Waals surface area contributed by atoms with E-state index in [2.05, 4.69) is 5.32 Å². The van der Waals surface area contributed by atoms with Crippen LogP contribution in [0.1, 0.15) is 5.56 Å². The highest BCUT2D eigenvalue weighted by Gasteiger charge is 2.40. The molecule has 166 valence electrons. The first-order chi connectivity index (χ1) is 15.8. The Morgan fingerprint density at radius 3 is 2.03 bits per heavy atom. The van der Waals surface area contributed by atoms with Gasteiger partial charge in [0.1, 0.15) is 11.5 Å². The van der Waals surface area contributed by atoms with Crippen molar-refractivity contribution in [2.45, 2.75) is 0 Å². The van der Waals surface area contributed by atoms with Gasteiger partial charge in [-0.25, -0.2) is 9.29 Å². The standard InChI is InChI=1S/C24H19FN4O4/c1-27(2)18-13-7-17(8-14-18)26-22-21(15-3-9-20(10-4-15)29(32)33)23(30)28(24(22)31)19-11-5-16(25)6-12-19/h3-14,26H,1-2H3. The van der Waals surface area contributed by atoms with Crippen molar-refractivity contribution in [2.75, 3.05) is 29.2 Å². The van der Waals surface area contributed by atoms with E-state index in [1.165, 1.54) is 36.4 Å². The highest BCUT2D eigenvalue weighted by molar-refractivity contribution is 6.46. The van der Waals surface area contributed by atoms with Crippen molar-refractivity contribution >= 4 is 40.1 Å². The molecule has 0 fully saturated rings. The number of anilines is 3. The van der Waals surface area contributed by atoms with E-state index in [1.54, 1.807) is 12.1 Å². The molecule has 0 bridgehead atoms. The Bertz CT molecular complexity index is 1270. The van der Waals surface area contributed by atoms with Crippen molar-refractivity contribution in [3.05, 3.63) is 100.0 Å². The lowest BCUT2D eigenvalue weighted by atomic mass is 10.0. The van der Waals surface area contributed by atoms with Gasteiger partial charge in [0, 0.05) is 37.6 Å². The molecule has 1 heterocycles. The third-order valence-electron chi connectivity index (χ3n) is 5.19. The van der Waals surface area contributed by atoms with E-state index in [0.29, 0.717) is 11.3 Å². The van der Waals surface area contributed by atoms with Gasteiger partial charge in [-0.1, -0.05) is 0 Å². The summed E-state index contributed by atoms with van der Waals surface area (Å²) < 4.78 is 13.4. The summed E-state index contributed by atoms with van der Waals surface area (Å²) in [7, 11) is 3.80. The van der Waals surface area contributed by atoms with Crippen molar-refractivity contribution in [3.8, 4) is 0 Å². The lowest BCUT2D eigenvalue weighted by Gasteiger charge is -2.16. The Morgan fingerprint density at radius 1 is 0.879 bits per heavy atom. The largest absolute Gasteiger partial charge is 0.378 e. The summed E-state index contributed by atoms with van der Waals surface area (Å²) in [6.45, 7) is 0. The Hall–Kier alpha value is -4.53. The molecule has 0 aliphatic carbocycles. The zero-order chi connectivity index (χ0) is 23.7. The van der Waals surface area contributed by atoms with Gasteiger partial charge in [0.15, 0.2) is 0 Å². The molecule has 0 unspecified atom stereocenters. The number of nitro groups is 1. The highest BCUT2D eigenvalue weighted by Crippen LogP contribution is 2.34. The molecule has 0 atom stereocenters. The van der Waals surface area contributed by atoms with Crippen LogP contribution in [0.15, 0.2) is 78.5 Å². The summed E-state index contributed by atoms with van der Waals surface area (Å²) in [4.78, 5) is 40.0. The normalized spacial score (nSPS) is 13.5. The maximum Gasteiger partial charge on any atom is 0.282 e. The molecule has 3 aromatic rings. The number of benzene rings is 3. The van der Waals surface area contributed by atoms with E-state index in [9.17, 15) is 24.1 Å². The second kappa shape index (κ2) is 8.54. The van der Waals surface area contributed by atoms with Crippen LogP contribution in [0.2, 0.25) is 0 Å². The van der Waals surface area contributed by atoms with Crippen molar-refractivity contribution in [1.29, 1.82) is 0 Å². The van der Waals surface area contributed by atoms with Gasteiger partial charge in [0.2, 0.25) is 0 Å². The number of amides is 2. The maximum atomic E-state index is 13.4. The van der Waals surface area contributed by atoms with Crippen LogP contribution in [0.3, 0.4) is 0 Å². The SMILES string of the molecule is CN(C)c1ccc(NC2=C(c3ccc([N+](=O)[O-])cc3)C(=O)N(c3ccc(F)cc3)C2=O)cc1. The van der Waals surface area contributed by atoms with E-state index < -0.39 is 22.6 Å². The quantitative estimate of drug-likeness (QED) is 0.346. The Kier molecular flexibility index (Phi) is 5.61. The number of carbonyl (C=O) groups is 2. The van der Waals surface area contributed by atoms with Gasteiger partial charge in [-0.3, -0.25) is 19.7 Å². The molecule has 8 nitrogen and oxygen atoms in total. The molecule has 1 aliphatic heterocycles. The van der Waals surface area contributed by atoms with Gasteiger partial charge in [-0.15, -0.1) is 0 Å². The number of hydrogen-bond acceptors (Lipinski definition) is 6. The van der Waals surface area contributed by atoms with Gasteiger partial charge in [-0.2, -0.15) is 0 Å². The lowest BCUT2D eigenvalue weighted by molar-refractivity contribution is -0.384. The van der Waals surface area contributed by atoms with Gasteiger partial charge < -0.3 is 10.2 Å². The molecular formula is C24H19FN4O4. The van der Waals surface area contributed by atoms with E-state index in [-0.39, 0.29) is 22.6 Å². The van der Waals surface area contributed by atoms with Crippen LogP contribution >= 0.6 is 0 Å². The number of hydrogen-bond donors (Lipinski definition) is 1. The fourth-order valence-corrected chi connectivity index (χ4v) is 3.48. The number of carbonyl (C=O) groups excluding carboxylic acids is 2. The Labute approximate surface area is 188 Å². The summed E-state index contributed by atoms with van der Waals surface area (Å²) in [6.07, 6.45) is 0. The second-order valence-corrected chi connectivity index (χ2v) is 7.54. The summed E-state index contributed by atoms with van der Waals surface area (Å²) in [5, 5.41) is 14.0. The zero-order valence-electron chi connectivity index (χ0n) is 17.8. The van der Waals surface area contributed by atoms with Crippen molar-refractivity contribution in [3.63, 3.8) is 0 Å². The first kappa shape index (κ1) is 21.7. The minimum atomic E-state index is -0.618. The zero-order valence-corrected chi connectivity index (χ0v) is 17.8. The summed E-state index contributed by atoms with van der Waals surface area (Å²) in [6, 6.07) is 17.6. The molecule has 9 heteroatoms. The molecule has 4 rings (SSSR count). The third kappa shape index (κ3) is 4.16. The molecular weight excluding hydrogens is 427 g/mol. The summed E-state index contributed by atoms with van der Waals surface area (Å²) >= 11 is 0. The molecule has 1 N–H and O–H groups in total. The molecule has 0 saturated carbocycles. The van der Waals surface area contributed by atoms with Crippen LogP contribution < -0.4 is 15.1 Å². The fraction of sp³-hybridized carbons (Fsp3) is 0.0833. The number of non-ortho nitro benzene ring substituents is 1. The number of nitro benzene ring substituents is 1. The van der Waals surface area contributed by atoms with Crippen LogP contribution in [0.5, 0.6) is 0 Å². The monoisotopic (exact) mass is 446 g/mol. The first-order valence-corrected chi connectivity index (χ1v) is 9.94. The predicted octanol–water partition coefficient (Wildman–Crippen LogP) is 4.20. The third-order valence-corrected chi connectivity index (χ3v) is 5.19. The topological polar surface area (TPSA) is 95.8 Å². The molecule has 3 aromatic carbocycles. The Morgan fingerprint density at radius 2 is 1.48 bits per heavy atom. The van der Waals surface area contributed by atoms with Gasteiger partial charge >= 0.3 is 0 Å². The van der Waals surface area contributed by atoms with E-state index in [1.807, 2.05) is 31.1 Å². The average molecular weight is 446 g/mol. The Balaban J connectivity index is 1.78. The summed E-state index contributed by atoms with van der Waals surface area (Å²) in [5.41, 5.74) is 2.04. The van der Waals surface area contributed by atoms with Crippen LogP contribution in [0, 0.1) is 15.9 Å². The average Bonchev–Trinajstić information content (AvgIpc) is 3.04. The molecule has 0 saturated heterocycles. The highest BCUT2D eigenvalue weighted by atomic mass is 19.1. The van der Waals surface area contributed by atoms with E-state index >= 15 is 0 Å². The molecule has 0 radical (unpaired) electrons. The minimum absolute atomic E-state index is 0.0239. The van der Waals surface area contributed by atoms with Crippen molar-refractivity contribution < 1.29 is 18.9 Å². The molecule has 2 amide bonds. The molecule has 1 aliphatic rings. The van der Waals surface area contributed by atoms with E-state index in [0.717, 1.165) is 22.7 Å². The first-order valence-electron chi connectivity index (χ1n) is 9.94. The van der Waals surface area contributed by atoms with Crippen molar-refractivity contribution in [2.24, 2.45) is 0 Å². The smallest absolute Gasteiger partial charge is 0.282 e. The summed E-state index contributed by atoms with van der Waals surface area (Å²) in [5.74, 6) is -1.73. The molecule has 0 spiro atoms. The van der Waals surface area contributed by atoms with Gasteiger partial charge in [0.05, 0.1) is 16.2 Å². The molecule has 33 heavy (non-hydrogen) atoms.